The standard InChI is InChI=1S/C14H16N4O/c1-18(2)12-6-4-11(5-7-12)17-14(19)13-8-3-10(15)9-16-13/h3-9H,15H2,1-2H3,(H,17,19). The Bertz CT molecular complexity index is 561. The van der Waals surface area contributed by atoms with Crippen molar-refractivity contribution in [3.05, 3.63) is 48.3 Å². The second-order valence-corrected chi connectivity index (χ2v) is 4.37. The number of carbonyl (C=O) groups is 1. The Morgan fingerprint density at radius 2 is 1.84 bits per heavy atom. The third-order valence-electron chi connectivity index (χ3n) is 2.66. The molecule has 1 aromatic heterocycles. The summed E-state index contributed by atoms with van der Waals surface area (Å²) in [5.74, 6) is -0.252. The molecule has 2 aromatic rings. The number of carbonyl (C=O) groups excluding carboxylic acids is 1. The Kier molecular flexibility index (Phi) is 3.66. The highest BCUT2D eigenvalue weighted by Crippen LogP contribution is 2.16. The first-order valence-corrected chi connectivity index (χ1v) is 5.86. The lowest BCUT2D eigenvalue weighted by Gasteiger charge is -2.12. The SMILES string of the molecule is CN(C)c1ccc(NC(=O)c2ccc(N)cn2)cc1. The van der Waals surface area contributed by atoms with E-state index >= 15 is 0 Å². The van der Waals surface area contributed by atoms with Crippen LogP contribution in [0.15, 0.2) is 42.6 Å². The van der Waals surface area contributed by atoms with Crippen LogP contribution < -0.4 is 16.0 Å². The van der Waals surface area contributed by atoms with Crippen LogP contribution in [0, 0.1) is 0 Å². The van der Waals surface area contributed by atoms with E-state index in [1.54, 1.807) is 12.1 Å². The fourth-order valence-corrected chi connectivity index (χ4v) is 1.58. The van der Waals surface area contributed by atoms with Crippen LogP contribution in [0.2, 0.25) is 0 Å². The van der Waals surface area contributed by atoms with Crippen molar-refractivity contribution in [1.29, 1.82) is 0 Å². The number of hydrogen-bond acceptors (Lipinski definition) is 4. The van der Waals surface area contributed by atoms with Gasteiger partial charge in [-0.05, 0) is 36.4 Å². The summed E-state index contributed by atoms with van der Waals surface area (Å²) in [6.07, 6.45) is 1.46. The highest BCUT2D eigenvalue weighted by molar-refractivity contribution is 6.03. The largest absolute Gasteiger partial charge is 0.397 e. The number of nitrogens with one attached hydrogen (secondary N) is 1. The Morgan fingerprint density at radius 3 is 2.37 bits per heavy atom. The number of nitrogens with zero attached hydrogens (tertiary/aromatic N) is 2. The van der Waals surface area contributed by atoms with Crippen molar-refractivity contribution >= 4 is 23.0 Å². The lowest BCUT2D eigenvalue weighted by atomic mass is 10.2. The van der Waals surface area contributed by atoms with Crippen molar-refractivity contribution in [2.75, 3.05) is 30.0 Å². The molecule has 0 saturated carbocycles. The van der Waals surface area contributed by atoms with Crippen LogP contribution in [0.4, 0.5) is 17.1 Å². The molecule has 0 atom stereocenters. The first-order chi connectivity index (χ1) is 9.06. The van der Waals surface area contributed by atoms with Crippen molar-refractivity contribution in [2.45, 2.75) is 0 Å². The van der Waals surface area contributed by atoms with Crippen LogP contribution in [-0.2, 0) is 0 Å². The third kappa shape index (κ3) is 3.22. The zero-order valence-electron chi connectivity index (χ0n) is 10.9. The van der Waals surface area contributed by atoms with Crippen LogP contribution in [0.3, 0.4) is 0 Å². The van der Waals surface area contributed by atoms with Gasteiger partial charge >= 0.3 is 0 Å². The predicted molar refractivity (Wildman–Crippen MR) is 77.4 cm³/mol. The van der Waals surface area contributed by atoms with Gasteiger partial charge in [0.1, 0.15) is 5.69 Å². The molecule has 0 saturated heterocycles. The maximum atomic E-state index is 11.9. The maximum absolute atomic E-state index is 11.9. The minimum atomic E-state index is -0.252. The molecule has 1 heterocycles. The van der Waals surface area contributed by atoms with Gasteiger partial charge in [-0.2, -0.15) is 0 Å². The minimum Gasteiger partial charge on any atom is -0.397 e. The van der Waals surface area contributed by atoms with Gasteiger partial charge in [0, 0.05) is 25.5 Å². The van der Waals surface area contributed by atoms with Crippen molar-refractivity contribution in [2.24, 2.45) is 0 Å². The molecule has 1 aromatic carbocycles. The number of hydrogen-bond donors (Lipinski definition) is 2. The third-order valence-corrected chi connectivity index (χ3v) is 2.66. The van der Waals surface area contributed by atoms with Gasteiger partial charge in [-0.25, -0.2) is 4.98 Å². The van der Waals surface area contributed by atoms with E-state index in [1.165, 1.54) is 6.20 Å². The van der Waals surface area contributed by atoms with Gasteiger partial charge in [0.15, 0.2) is 0 Å². The number of amides is 1. The van der Waals surface area contributed by atoms with E-state index in [2.05, 4.69) is 10.3 Å². The molecule has 0 fully saturated rings. The molecular weight excluding hydrogens is 240 g/mol. The van der Waals surface area contributed by atoms with E-state index in [1.807, 2.05) is 43.3 Å². The summed E-state index contributed by atoms with van der Waals surface area (Å²) in [6, 6.07) is 10.8. The molecule has 1 amide bonds. The van der Waals surface area contributed by atoms with Gasteiger partial charge in [-0.15, -0.1) is 0 Å². The summed E-state index contributed by atoms with van der Waals surface area (Å²) in [5.41, 5.74) is 8.20. The summed E-state index contributed by atoms with van der Waals surface area (Å²) in [5, 5.41) is 2.78. The minimum absolute atomic E-state index is 0.252. The number of anilines is 3. The molecule has 98 valence electrons. The normalized spacial score (nSPS) is 10.0. The highest BCUT2D eigenvalue weighted by atomic mass is 16.1. The number of pyridine rings is 1. The molecule has 0 aliphatic heterocycles. The lowest BCUT2D eigenvalue weighted by molar-refractivity contribution is 0.102. The van der Waals surface area contributed by atoms with Gasteiger partial charge in [0.25, 0.3) is 5.91 Å². The number of aromatic nitrogens is 1. The van der Waals surface area contributed by atoms with Crippen LogP contribution in [0.25, 0.3) is 0 Å². The fraction of sp³-hybridized carbons (Fsp3) is 0.143. The number of nitrogen functional groups attached to an aromatic ring is 1. The molecule has 5 nitrogen and oxygen atoms in total. The molecule has 0 bridgehead atoms. The molecule has 0 aliphatic carbocycles. The van der Waals surface area contributed by atoms with Gasteiger partial charge in [-0.3, -0.25) is 4.79 Å². The van der Waals surface area contributed by atoms with Gasteiger partial charge < -0.3 is 16.0 Å². The quantitative estimate of drug-likeness (QED) is 0.881. The zero-order chi connectivity index (χ0) is 13.8. The average Bonchev–Trinajstić information content (AvgIpc) is 2.40. The first kappa shape index (κ1) is 12.9. The summed E-state index contributed by atoms with van der Waals surface area (Å²) in [6.45, 7) is 0. The van der Waals surface area contributed by atoms with Crippen LogP contribution in [0.1, 0.15) is 10.5 Å². The molecular formula is C14H16N4O. The smallest absolute Gasteiger partial charge is 0.274 e. The molecule has 0 radical (unpaired) electrons. The van der Waals surface area contributed by atoms with Crippen molar-refractivity contribution < 1.29 is 4.79 Å². The van der Waals surface area contributed by atoms with Gasteiger partial charge in [0.05, 0.1) is 11.9 Å². The van der Waals surface area contributed by atoms with E-state index in [4.69, 9.17) is 5.73 Å². The van der Waals surface area contributed by atoms with Crippen LogP contribution in [-0.4, -0.2) is 25.0 Å². The fourth-order valence-electron chi connectivity index (χ4n) is 1.58. The second-order valence-electron chi connectivity index (χ2n) is 4.37. The topological polar surface area (TPSA) is 71.2 Å². The Labute approximate surface area is 112 Å². The molecule has 5 heteroatoms. The summed E-state index contributed by atoms with van der Waals surface area (Å²) in [4.78, 5) is 17.9. The van der Waals surface area contributed by atoms with Crippen molar-refractivity contribution in [3.63, 3.8) is 0 Å². The van der Waals surface area contributed by atoms with E-state index < -0.39 is 0 Å². The molecule has 2 rings (SSSR count). The number of rotatable bonds is 3. The second kappa shape index (κ2) is 5.39. The Balaban J connectivity index is 2.08. The number of benzene rings is 1. The summed E-state index contributed by atoms with van der Waals surface area (Å²) >= 11 is 0. The lowest BCUT2D eigenvalue weighted by Crippen LogP contribution is -2.14. The van der Waals surface area contributed by atoms with Crippen LogP contribution >= 0.6 is 0 Å². The summed E-state index contributed by atoms with van der Waals surface area (Å²) in [7, 11) is 3.93. The van der Waals surface area contributed by atoms with Gasteiger partial charge in [-0.1, -0.05) is 0 Å². The molecule has 0 spiro atoms. The molecule has 0 unspecified atom stereocenters. The van der Waals surface area contributed by atoms with E-state index in [-0.39, 0.29) is 5.91 Å². The number of nitrogens with two attached hydrogens (primary N) is 1. The van der Waals surface area contributed by atoms with E-state index in [9.17, 15) is 4.79 Å². The average molecular weight is 256 g/mol. The maximum Gasteiger partial charge on any atom is 0.274 e. The van der Waals surface area contributed by atoms with Crippen molar-refractivity contribution in [3.8, 4) is 0 Å². The molecule has 19 heavy (non-hydrogen) atoms. The van der Waals surface area contributed by atoms with Crippen LogP contribution in [0.5, 0.6) is 0 Å². The molecule has 3 N–H and O–H groups in total. The Morgan fingerprint density at radius 1 is 1.16 bits per heavy atom. The predicted octanol–water partition coefficient (Wildman–Crippen LogP) is 1.98. The zero-order valence-corrected chi connectivity index (χ0v) is 10.9. The monoisotopic (exact) mass is 256 g/mol. The first-order valence-electron chi connectivity index (χ1n) is 5.86. The Hall–Kier alpha value is -2.56. The van der Waals surface area contributed by atoms with E-state index in [0.717, 1.165) is 11.4 Å². The van der Waals surface area contributed by atoms with Crippen molar-refractivity contribution in [1.82, 2.24) is 4.98 Å². The summed E-state index contributed by atoms with van der Waals surface area (Å²) < 4.78 is 0. The molecule has 0 aliphatic rings. The highest BCUT2D eigenvalue weighted by Gasteiger charge is 2.07. The van der Waals surface area contributed by atoms with E-state index in [0.29, 0.717) is 11.4 Å². The van der Waals surface area contributed by atoms with Gasteiger partial charge in [0.2, 0.25) is 0 Å².